The zero-order valence-electron chi connectivity index (χ0n) is 12.1. The van der Waals surface area contributed by atoms with Crippen LogP contribution in [-0.2, 0) is 4.79 Å². The molecule has 0 spiro atoms. The molecule has 1 heterocycles. The van der Waals surface area contributed by atoms with Gasteiger partial charge in [-0.2, -0.15) is 0 Å². The van der Waals surface area contributed by atoms with Crippen LogP contribution >= 0.6 is 0 Å². The van der Waals surface area contributed by atoms with Gasteiger partial charge in [0.1, 0.15) is 0 Å². The predicted octanol–water partition coefficient (Wildman–Crippen LogP) is 1.96. The van der Waals surface area contributed by atoms with Crippen LogP contribution in [0.1, 0.15) is 57.8 Å². The molecule has 5 nitrogen and oxygen atoms in total. The van der Waals surface area contributed by atoms with Crippen molar-refractivity contribution in [3.8, 4) is 0 Å². The summed E-state index contributed by atoms with van der Waals surface area (Å²) in [6.45, 7) is 1.60. The number of rotatable bonds is 4. The quantitative estimate of drug-likeness (QED) is 0.778. The summed E-state index contributed by atoms with van der Waals surface area (Å²) < 4.78 is 0. The first-order valence-electron chi connectivity index (χ1n) is 7.94. The number of carbonyl (C=O) groups is 2. The summed E-state index contributed by atoms with van der Waals surface area (Å²) in [6.07, 6.45) is 8.96. The summed E-state index contributed by atoms with van der Waals surface area (Å²) >= 11 is 0. The van der Waals surface area contributed by atoms with Gasteiger partial charge in [0.2, 0.25) is 0 Å². The fraction of sp³-hybridized carbons (Fsp3) is 0.867. The number of likely N-dealkylation sites (tertiary alicyclic amines) is 1. The number of aliphatic carboxylic acids is 1. The van der Waals surface area contributed by atoms with Gasteiger partial charge < -0.3 is 15.3 Å². The molecule has 2 rings (SSSR count). The van der Waals surface area contributed by atoms with Crippen LogP contribution in [0.25, 0.3) is 0 Å². The zero-order chi connectivity index (χ0) is 14.4. The second kappa shape index (κ2) is 9.37. The van der Waals surface area contributed by atoms with E-state index in [4.69, 9.17) is 5.11 Å². The number of urea groups is 1. The molecule has 2 aliphatic rings. The molecule has 116 valence electrons. The molecule has 2 N–H and O–H groups in total. The van der Waals surface area contributed by atoms with Crippen LogP contribution < -0.4 is 5.32 Å². The molecular weight excluding hydrogens is 263 g/mol. The third kappa shape index (κ3) is 5.92. The summed E-state index contributed by atoms with van der Waals surface area (Å²) in [4.78, 5) is 25.1. The molecule has 0 bridgehead atoms. The molecule has 21 heavy (non-hydrogen) atoms. The molecule has 1 aliphatic heterocycles. The first kappa shape index (κ1) is 18.4. The predicted molar refractivity (Wildman–Crippen MR) is 83.7 cm³/mol. The molecule has 1 unspecified atom stereocenters. The van der Waals surface area contributed by atoms with Gasteiger partial charge >= 0.3 is 30.9 Å². The Bertz CT molecular complexity index is 340. The number of nitrogens with one attached hydrogen (secondary N) is 1. The van der Waals surface area contributed by atoms with Gasteiger partial charge in [0.25, 0.3) is 0 Å². The number of piperidine rings is 1. The van der Waals surface area contributed by atoms with Crippen LogP contribution in [0.15, 0.2) is 0 Å². The third-order valence-corrected chi connectivity index (χ3v) is 4.57. The van der Waals surface area contributed by atoms with Gasteiger partial charge in [-0.1, -0.05) is 19.3 Å². The third-order valence-electron chi connectivity index (χ3n) is 4.57. The molecule has 1 aliphatic carbocycles. The van der Waals surface area contributed by atoms with Gasteiger partial charge in [0.15, 0.2) is 0 Å². The van der Waals surface area contributed by atoms with E-state index in [2.05, 4.69) is 5.32 Å². The van der Waals surface area contributed by atoms with E-state index in [1.807, 2.05) is 4.90 Å². The van der Waals surface area contributed by atoms with Crippen molar-refractivity contribution in [2.75, 3.05) is 13.1 Å². The number of hydrogen-bond acceptors (Lipinski definition) is 2. The maximum absolute atomic E-state index is 12.3. The van der Waals surface area contributed by atoms with Crippen LogP contribution in [0.2, 0.25) is 0 Å². The van der Waals surface area contributed by atoms with Crippen LogP contribution in [0, 0.1) is 5.92 Å². The van der Waals surface area contributed by atoms with Crippen molar-refractivity contribution in [3.63, 3.8) is 0 Å². The molecule has 0 aromatic heterocycles. The van der Waals surface area contributed by atoms with Crippen molar-refractivity contribution in [2.45, 2.75) is 63.8 Å². The summed E-state index contributed by atoms with van der Waals surface area (Å²) in [5.74, 6) is -0.492. The van der Waals surface area contributed by atoms with Crippen molar-refractivity contribution < 1.29 is 14.7 Å². The monoisotopic (exact) mass is 290 g/mol. The van der Waals surface area contributed by atoms with Crippen LogP contribution in [0.3, 0.4) is 0 Å². The van der Waals surface area contributed by atoms with Gasteiger partial charge in [-0.15, -0.1) is 0 Å². The van der Waals surface area contributed by atoms with Crippen molar-refractivity contribution >= 4 is 30.9 Å². The fourth-order valence-corrected chi connectivity index (χ4v) is 3.41. The van der Waals surface area contributed by atoms with E-state index >= 15 is 0 Å². The normalized spacial score (nSPS) is 21.2. The molecular formula is C15H27LiN2O3. The molecule has 0 radical (unpaired) electrons. The van der Waals surface area contributed by atoms with Crippen LogP contribution in [0.5, 0.6) is 0 Å². The maximum atomic E-state index is 12.3. The van der Waals surface area contributed by atoms with Crippen LogP contribution in [-0.4, -0.2) is 60.0 Å². The Balaban J connectivity index is 0.00000220. The Kier molecular flexibility index (Phi) is 8.21. The first-order chi connectivity index (χ1) is 9.66. The number of amides is 2. The summed E-state index contributed by atoms with van der Waals surface area (Å²) in [5, 5.41) is 12.1. The Morgan fingerprint density at radius 2 is 1.62 bits per heavy atom. The molecule has 0 aromatic rings. The Morgan fingerprint density at radius 1 is 1.05 bits per heavy atom. The number of hydrogen-bond donors (Lipinski definition) is 2. The number of nitrogens with zero attached hydrogens (tertiary/aromatic N) is 1. The molecule has 2 fully saturated rings. The van der Waals surface area contributed by atoms with E-state index in [-0.39, 0.29) is 37.4 Å². The molecule has 0 aromatic carbocycles. The Hall–Kier alpha value is -0.663. The molecule has 1 saturated heterocycles. The minimum atomic E-state index is -0.820. The summed E-state index contributed by atoms with van der Waals surface area (Å²) in [5.41, 5.74) is 0. The Morgan fingerprint density at radius 3 is 2.19 bits per heavy atom. The van der Waals surface area contributed by atoms with E-state index in [0.717, 1.165) is 51.6 Å². The van der Waals surface area contributed by atoms with E-state index in [1.165, 1.54) is 12.8 Å². The second-order valence-electron chi connectivity index (χ2n) is 6.10. The topological polar surface area (TPSA) is 69.6 Å². The molecule has 2 amide bonds. The second-order valence-corrected chi connectivity index (χ2v) is 6.10. The average molecular weight is 290 g/mol. The first-order valence-corrected chi connectivity index (χ1v) is 7.94. The summed E-state index contributed by atoms with van der Waals surface area (Å²) in [6, 6.07) is -0.274. The standard InChI is InChI=1S/C15H26N2O3.Li.H/c18-14(19)11-13(12-7-3-1-4-8-12)16-15(20)17-9-5-2-6-10-17;;/h12-13H,1-11H2,(H,16,20)(H,18,19);;. The van der Waals surface area contributed by atoms with E-state index in [1.54, 1.807) is 0 Å². The van der Waals surface area contributed by atoms with Crippen molar-refractivity contribution in [1.29, 1.82) is 0 Å². The van der Waals surface area contributed by atoms with Crippen LogP contribution in [0.4, 0.5) is 4.79 Å². The van der Waals surface area contributed by atoms with Crippen molar-refractivity contribution in [2.24, 2.45) is 5.92 Å². The average Bonchev–Trinajstić information content (AvgIpc) is 2.48. The number of carboxylic acids is 1. The minimum absolute atomic E-state index is 0. The van der Waals surface area contributed by atoms with Crippen molar-refractivity contribution in [1.82, 2.24) is 10.2 Å². The SMILES string of the molecule is O=C(O)CC(NC(=O)N1CCCCC1)C1CCCCC1.[LiH]. The van der Waals surface area contributed by atoms with E-state index < -0.39 is 5.97 Å². The van der Waals surface area contributed by atoms with Gasteiger partial charge in [-0.3, -0.25) is 4.79 Å². The van der Waals surface area contributed by atoms with Crippen molar-refractivity contribution in [3.05, 3.63) is 0 Å². The van der Waals surface area contributed by atoms with E-state index in [9.17, 15) is 9.59 Å². The zero-order valence-corrected chi connectivity index (χ0v) is 12.1. The number of carboxylic acid groups (broad SMARTS) is 1. The Labute approximate surface area is 139 Å². The molecule has 6 heteroatoms. The van der Waals surface area contributed by atoms with Gasteiger partial charge in [0.05, 0.1) is 6.42 Å². The summed E-state index contributed by atoms with van der Waals surface area (Å²) in [7, 11) is 0. The van der Waals surface area contributed by atoms with E-state index in [0.29, 0.717) is 5.92 Å². The molecule has 1 saturated carbocycles. The fourth-order valence-electron chi connectivity index (χ4n) is 3.41. The number of carbonyl (C=O) groups excluding carboxylic acids is 1. The van der Waals surface area contributed by atoms with Gasteiger partial charge in [-0.05, 0) is 38.0 Å². The van der Waals surface area contributed by atoms with Gasteiger partial charge in [0, 0.05) is 19.1 Å². The van der Waals surface area contributed by atoms with Gasteiger partial charge in [-0.25, -0.2) is 4.79 Å². The molecule has 1 atom stereocenters.